The highest BCUT2D eigenvalue weighted by atomic mass is 32.2. The first-order valence-electron chi connectivity index (χ1n) is 7.61. The van der Waals surface area contributed by atoms with Crippen molar-refractivity contribution >= 4 is 10.0 Å². The second kappa shape index (κ2) is 6.04. The van der Waals surface area contributed by atoms with Gasteiger partial charge in [0.15, 0.2) is 5.03 Å². The van der Waals surface area contributed by atoms with Gasteiger partial charge in [-0.25, -0.2) is 13.4 Å². The van der Waals surface area contributed by atoms with E-state index in [4.69, 9.17) is 0 Å². The summed E-state index contributed by atoms with van der Waals surface area (Å²) in [6.07, 6.45) is 5.56. The van der Waals surface area contributed by atoms with Gasteiger partial charge in [0.2, 0.25) is 0 Å². The summed E-state index contributed by atoms with van der Waals surface area (Å²) in [5.74, 6) is 0. The Bertz CT molecular complexity index is 588. The number of nitrogens with zero attached hydrogens (tertiary/aromatic N) is 2. The van der Waals surface area contributed by atoms with Crippen LogP contribution in [-0.4, -0.2) is 42.8 Å². The fourth-order valence-corrected chi connectivity index (χ4v) is 3.92. The first-order chi connectivity index (χ1) is 10.1. The molecule has 7 nitrogen and oxygen atoms in total. The molecular weight excluding hydrogens is 290 g/mol. The van der Waals surface area contributed by atoms with E-state index in [1.54, 1.807) is 5.01 Å². The number of sulfonamides is 1. The predicted molar refractivity (Wildman–Crippen MR) is 78.9 cm³/mol. The Kier molecular flexibility index (Phi) is 4.30. The second-order valence-corrected chi connectivity index (χ2v) is 7.51. The maximum atomic E-state index is 12.5. The fourth-order valence-electron chi connectivity index (χ4n) is 2.59. The van der Waals surface area contributed by atoms with Crippen molar-refractivity contribution in [2.24, 2.45) is 0 Å². The monoisotopic (exact) mass is 313 g/mol. The van der Waals surface area contributed by atoms with E-state index in [1.807, 2.05) is 6.92 Å². The summed E-state index contributed by atoms with van der Waals surface area (Å²) in [5.41, 5.74) is 1.55. The van der Waals surface area contributed by atoms with E-state index >= 15 is 0 Å². The molecule has 0 amide bonds. The zero-order valence-electron chi connectivity index (χ0n) is 12.4. The lowest BCUT2D eigenvalue weighted by atomic mass is 10.2. The SMILES string of the molecule is Cc1[nH]nc(S(=O)(=O)NN2CCCCC2)c1CNC1CC1. The smallest absolute Gasteiger partial charge is 0.273 e. The quantitative estimate of drug-likeness (QED) is 0.717. The summed E-state index contributed by atoms with van der Waals surface area (Å²) in [7, 11) is -3.60. The minimum atomic E-state index is -3.60. The van der Waals surface area contributed by atoms with Crippen LogP contribution in [0, 0.1) is 6.92 Å². The van der Waals surface area contributed by atoms with Crippen molar-refractivity contribution in [2.75, 3.05) is 13.1 Å². The van der Waals surface area contributed by atoms with Crippen LogP contribution in [0.5, 0.6) is 0 Å². The van der Waals surface area contributed by atoms with Gasteiger partial charge in [-0.2, -0.15) is 5.10 Å². The van der Waals surface area contributed by atoms with Gasteiger partial charge in [0.1, 0.15) is 0 Å². The molecule has 1 aromatic rings. The first kappa shape index (κ1) is 15.0. The van der Waals surface area contributed by atoms with E-state index < -0.39 is 10.0 Å². The van der Waals surface area contributed by atoms with Crippen molar-refractivity contribution < 1.29 is 8.42 Å². The molecular formula is C13H23N5O2S. The highest BCUT2D eigenvalue weighted by molar-refractivity contribution is 7.89. The highest BCUT2D eigenvalue weighted by Gasteiger charge is 2.28. The van der Waals surface area contributed by atoms with Crippen LogP contribution in [-0.2, 0) is 16.6 Å². The van der Waals surface area contributed by atoms with Crippen LogP contribution in [0.15, 0.2) is 5.03 Å². The van der Waals surface area contributed by atoms with E-state index in [-0.39, 0.29) is 5.03 Å². The van der Waals surface area contributed by atoms with Crippen LogP contribution in [0.3, 0.4) is 0 Å². The lowest BCUT2D eigenvalue weighted by molar-refractivity contribution is 0.199. The molecule has 3 N–H and O–H groups in total. The summed E-state index contributed by atoms with van der Waals surface area (Å²) in [6.45, 7) is 3.93. The molecule has 0 bridgehead atoms. The van der Waals surface area contributed by atoms with E-state index in [0.717, 1.165) is 43.6 Å². The van der Waals surface area contributed by atoms with Crippen LogP contribution >= 0.6 is 0 Å². The molecule has 0 unspecified atom stereocenters. The number of aromatic nitrogens is 2. The highest BCUT2D eigenvalue weighted by Crippen LogP contribution is 2.22. The Labute approximate surface area is 125 Å². The third-order valence-electron chi connectivity index (χ3n) is 4.04. The van der Waals surface area contributed by atoms with Crippen molar-refractivity contribution in [1.29, 1.82) is 0 Å². The molecule has 1 saturated carbocycles. The van der Waals surface area contributed by atoms with Gasteiger partial charge in [-0.15, -0.1) is 4.83 Å². The molecule has 8 heteroatoms. The van der Waals surface area contributed by atoms with Gasteiger partial charge in [0.25, 0.3) is 10.0 Å². The number of rotatable bonds is 6. The van der Waals surface area contributed by atoms with Gasteiger partial charge in [-0.3, -0.25) is 5.10 Å². The molecule has 0 atom stereocenters. The third-order valence-corrected chi connectivity index (χ3v) is 5.39. The van der Waals surface area contributed by atoms with Gasteiger partial charge >= 0.3 is 0 Å². The Hall–Kier alpha value is -0.960. The van der Waals surface area contributed by atoms with E-state index in [2.05, 4.69) is 20.3 Å². The second-order valence-electron chi connectivity index (χ2n) is 5.93. The molecule has 0 radical (unpaired) electrons. The van der Waals surface area contributed by atoms with Gasteiger partial charge in [0, 0.05) is 36.9 Å². The number of H-pyrrole nitrogens is 1. The maximum Gasteiger partial charge on any atom is 0.273 e. The molecule has 21 heavy (non-hydrogen) atoms. The number of hydrogen-bond donors (Lipinski definition) is 3. The average molecular weight is 313 g/mol. The molecule has 3 rings (SSSR count). The molecule has 1 aliphatic heterocycles. The molecule has 0 spiro atoms. The van der Waals surface area contributed by atoms with Crippen LogP contribution < -0.4 is 10.1 Å². The summed E-state index contributed by atoms with van der Waals surface area (Å²) in [6, 6.07) is 0.532. The number of aromatic amines is 1. The Morgan fingerprint density at radius 3 is 2.67 bits per heavy atom. The molecule has 2 heterocycles. The van der Waals surface area contributed by atoms with Crippen molar-refractivity contribution in [2.45, 2.75) is 56.6 Å². The number of nitrogens with one attached hydrogen (secondary N) is 3. The Morgan fingerprint density at radius 2 is 2.00 bits per heavy atom. The first-order valence-corrected chi connectivity index (χ1v) is 9.09. The Balaban J connectivity index is 1.73. The minimum absolute atomic E-state index is 0.124. The standard InChI is InChI=1S/C13H23N5O2S/c1-10-12(9-14-11-5-6-11)13(16-15-10)21(19,20)17-18-7-3-2-4-8-18/h11,14,17H,2-9H2,1H3,(H,15,16). The van der Waals surface area contributed by atoms with Gasteiger partial charge in [0.05, 0.1) is 0 Å². The lowest BCUT2D eigenvalue weighted by Crippen LogP contribution is -2.45. The summed E-state index contributed by atoms with van der Waals surface area (Å²) < 4.78 is 25.1. The van der Waals surface area contributed by atoms with Crippen LogP contribution in [0.1, 0.15) is 43.4 Å². The maximum absolute atomic E-state index is 12.5. The van der Waals surface area contributed by atoms with E-state index in [9.17, 15) is 8.42 Å². The molecule has 2 aliphatic rings. The number of aryl methyl sites for hydroxylation is 1. The normalized spacial score (nSPS) is 20.8. The minimum Gasteiger partial charge on any atom is -0.310 e. The van der Waals surface area contributed by atoms with Crippen molar-refractivity contribution in [3.8, 4) is 0 Å². The largest absolute Gasteiger partial charge is 0.310 e. The molecule has 1 aromatic heterocycles. The van der Waals surface area contributed by atoms with Crippen LogP contribution in [0.25, 0.3) is 0 Å². The Morgan fingerprint density at radius 1 is 1.29 bits per heavy atom. The number of hydrogen-bond acceptors (Lipinski definition) is 5. The van der Waals surface area contributed by atoms with Crippen LogP contribution in [0.2, 0.25) is 0 Å². The molecule has 1 aliphatic carbocycles. The molecule has 0 aromatic carbocycles. The topological polar surface area (TPSA) is 90.1 Å². The zero-order chi connectivity index (χ0) is 14.9. The van der Waals surface area contributed by atoms with Gasteiger partial charge in [-0.1, -0.05) is 6.42 Å². The molecule has 2 fully saturated rings. The summed E-state index contributed by atoms with van der Waals surface area (Å²) in [4.78, 5) is 2.66. The fraction of sp³-hybridized carbons (Fsp3) is 0.769. The van der Waals surface area contributed by atoms with Crippen molar-refractivity contribution in [1.82, 2.24) is 25.4 Å². The third kappa shape index (κ3) is 3.63. The van der Waals surface area contributed by atoms with Crippen molar-refractivity contribution in [3.05, 3.63) is 11.3 Å². The predicted octanol–water partition coefficient (Wildman–Crippen LogP) is 0.649. The number of hydrazine groups is 1. The molecule has 118 valence electrons. The molecule has 1 saturated heterocycles. The summed E-state index contributed by atoms with van der Waals surface area (Å²) in [5, 5.41) is 12.1. The van der Waals surface area contributed by atoms with Gasteiger partial charge in [-0.05, 0) is 32.6 Å². The van der Waals surface area contributed by atoms with Crippen molar-refractivity contribution in [3.63, 3.8) is 0 Å². The summed E-state index contributed by atoms with van der Waals surface area (Å²) >= 11 is 0. The number of piperidine rings is 1. The van der Waals surface area contributed by atoms with Gasteiger partial charge < -0.3 is 5.32 Å². The van der Waals surface area contributed by atoms with Crippen LogP contribution in [0.4, 0.5) is 0 Å². The zero-order valence-corrected chi connectivity index (χ0v) is 13.2. The lowest BCUT2D eigenvalue weighted by Gasteiger charge is -2.26. The van der Waals surface area contributed by atoms with E-state index in [1.165, 1.54) is 12.8 Å². The van der Waals surface area contributed by atoms with E-state index in [0.29, 0.717) is 12.6 Å². The average Bonchev–Trinajstić information content (AvgIpc) is 3.20.